The van der Waals surface area contributed by atoms with E-state index in [9.17, 15) is 14.4 Å². The highest BCUT2D eigenvalue weighted by molar-refractivity contribution is 7.98. The van der Waals surface area contributed by atoms with E-state index in [-0.39, 0.29) is 24.2 Å². The molecule has 1 fully saturated rings. The van der Waals surface area contributed by atoms with Crippen LogP contribution in [0.5, 0.6) is 0 Å². The van der Waals surface area contributed by atoms with E-state index in [2.05, 4.69) is 15.3 Å². The average molecular weight is 577 g/mol. The van der Waals surface area contributed by atoms with Crippen molar-refractivity contribution in [3.05, 3.63) is 63.9 Å². The predicted molar refractivity (Wildman–Crippen MR) is 149 cm³/mol. The lowest BCUT2D eigenvalue weighted by molar-refractivity contribution is -0.358. The summed E-state index contributed by atoms with van der Waals surface area (Å²) in [4.78, 5) is 47.2. The molecule has 0 unspecified atom stereocenters. The molecule has 1 aromatic heterocycles. The third-order valence-electron chi connectivity index (χ3n) is 6.59. The fourth-order valence-corrected chi connectivity index (χ4v) is 5.62. The van der Waals surface area contributed by atoms with E-state index >= 15 is 0 Å². The van der Waals surface area contributed by atoms with Crippen LogP contribution in [-0.2, 0) is 25.5 Å². The number of para-hydroxylation sites is 2. The number of hydrogen-bond donors (Lipinski definition) is 2. The maximum absolute atomic E-state index is 13.0. The molecule has 0 spiro atoms. The highest BCUT2D eigenvalue weighted by atomic mass is 35.5. The molecule has 0 aliphatic carbocycles. The van der Waals surface area contributed by atoms with E-state index in [1.54, 1.807) is 11.0 Å². The number of amides is 2. The number of aromatic nitrogens is 2. The lowest BCUT2D eigenvalue weighted by atomic mass is 9.95. The minimum absolute atomic E-state index is 0.160. The van der Waals surface area contributed by atoms with Crippen molar-refractivity contribution in [1.29, 1.82) is 0 Å². The van der Waals surface area contributed by atoms with Gasteiger partial charge in [0.25, 0.3) is 5.82 Å². The van der Waals surface area contributed by atoms with Crippen molar-refractivity contribution >= 4 is 69.9 Å². The number of benzene rings is 2. The molecule has 2 amide bonds. The van der Waals surface area contributed by atoms with Gasteiger partial charge in [0.05, 0.1) is 23.6 Å². The molecule has 8 nitrogen and oxygen atoms in total. The van der Waals surface area contributed by atoms with Gasteiger partial charge in [-0.2, -0.15) is 0 Å². The number of carbonyl (C=O) groups excluding carboxylic acids is 3. The second kappa shape index (κ2) is 12.7. The molecule has 2 aromatic carbocycles. The molecule has 0 bridgehead atoms. The first-order valence-corrected chi connectivity index (χ1v) is 14.1. The van der Waals surface area contributed by atoms with Crippen LogP contribution in [0.15, 0.2) is 47.4 Å². The molecule has 2 heterocycles. The smallest absolute Gasteiger partial charge is 0.329 e. The zero-order valence-electron chi connectivity index (χ0n) is 21.1. The topological polar surface area (TPSA) is 106 Å². The summed E-state index contributed by atoms with van der Waals surface area (Å²) < 4.78 is 4.93. The van der Waals surface area contributed by atoms with Crippen molar-refractivity contribution in [2.75, 3.05) is 26.5 Å². The first kappa shape index (κ1) is 28.0. The van der Waals surface area contributed by atoms with Gasteiger partial charge in [-0.15, -0.1) is 11.8 Å². The lowest BCUT2D eigenvalue weighted by Gasteiger charge is -2.31. The number of hydrogen-bond acceptors (Lipinski definition) is 5. The van der Waals surface area contributed by atoms with E-state index in [1.165, 1.54) is 24.9 Å². The number of methoxy groups -OCH3 is 1. The molecule has 1 saturated heterocycles. The van der Waals surface area contributed by atoms with Gasteiger partial charge in [-0.25, -0.2) is 14.8 Å². The lowest BCUT2D eigenvalue weighted by Crippen LogP contribution is -2.48. The number of carbonyl (C=O) groups is 3. The van der Waals surface area contributed by atoms with Crippen LogP contribution in [0, 0.1) is 5.92 Å². The van der Waals surface area contributed by atoms with Crippen LogP contribution in [0.3, 0.4) is 0 Å². The van der Waals surface area contributed by atoms with Gasteiger partial charge in [-0.3, -0.25) is 9.59 Å². The van der Waals surface area contributed by atoms with E-state index < -0.39 is 12.0 Å². The van der Waals surface area contributed by atoms with E-state index in [0.29, 0.717) is 47.4 Å². The molecule has 200 valence electrons. The quantitative estimate of drug-likeness (QED) is 0.238. The van der Waals surface area contributed by atoms with Gasteiger partial charge in [0.1, 0.15) is 6.04 Å². The number of ether oxygens (including phenoxy) is 1. The zero-order valence-corrected chi connectivity index (χ0v) is 23.4. The average Bonchev–Trinajstić information content (AvgIpc) is 3.35. The van der Waals surface area contributed by atoms with Crippen molar-refractivity contribution in [2.24, 2.45) is 5.92 Å². The standard InChI is InChI=1S/C27H28Cl2N4O4S/c1-37-27(36)20(15-22-30-18-5-3-4-6-19(18)31-22)32-26(35)17-11-13-33(14-12-17)23(34)10-8-16-7-9-21(38-2)25(29)24(16)28/h3-10,17,20H,11-15H2,1-2H3,(H,30,31)(H,32,35)/p+1/b10-8+/t20-/m0/s1. The molecule has 0 saturated carbocycles. The second-order valence-electron chi connectivity index (χ2n) is 8.98. The summed E-state index contributed by atoms with van der Waals surface area (Å²) in [6.07, 6.45) is 6.26. The van der Waals surface area contributed by atoms with Crippen LogP contribution in [-0.4, -0.2) is 60.2 Å². The van der Waals surface area contributed by atoms with Crippen LogP contribution in [0.2, 0.25) is 10.0 Å². The number of thioether (sulfide) groups is 1. The SMILES string of the molecule is COC(=O)[C@H](Cc1[nH]c2ccccc2[nH+]1)NC(=O)C1CCN(C(=O)/C=C/c2ccc(SC)c(Cl)c2Cl)CC1. The number of esters is 1. The normalized spacial score (nSPS) is 15.1. The number of nitrogens with zero attached hydrogens (tertiary/aromatic N) is 1. The monoisotopic (exact) mass is 575 g/mol. The number of H-pyrrole nitrogens is 2. The Morgan fingerprint density at radius 3 is 2.61 bits per heavy atom. The Morgan fingerprint density at radius 1 is 1.18 bits per heavy atom. The zero-order chi connectivity index (χ0) is 27.2. The first-order chi connectivity index (χ1) is 18.3. The fourth-order valence-electron chi connectivity index (χ4n) is 4.45. The van der Waals surface area contributed by atoms with Gasteiger partial charge < -0.3 is 15.0 Å². The van der Waals surface area contributed by atoms with E-state index in [4.69, 9.17) is 27.9 Å². The van der Waals surface area contributed by atoms with Crippen LogP contribution in [0.25, 0.3) is 17.1 Å². The Bertz CT molecular complexity index is 1340. The summed E-state index contributed by atoms with van der Waals surface area (Å²) >= 11 is 14.1. The molecule has 38 heavy (non-hydrogen) atoms. The molecule has 3 N–H and O–H groups in total. The second-order valence-corrected chi connectivity index (χ2v) is 10.6. The summed E-state index contributed by atoms with van der Waals surface area (Å²) in [5.74, 6) is -0.512. The Labute approximate surface area is 235 Å². The highest BCUT2D eigenvalue weighted by Crippen LogP contribution is 2.35. The Morgan fingerprint density at radius 2 is 1.92 bits per heavy atom. The molecule has 1 atom stereocenters. The minimum Gasteiger partial charge on any atom is -0.467 e. The van der Waals surface area contributed by atoms with Gasteiger partial charge in [0.15, 0.2) is 11.0 Å². The van der Waals surface area contributed by atoms with Gasteiger partial charge in [-0.05, 0) is 48.9 Å². The number of rotatable bonds is 8. The molecule has 0 radical (unpaired) electrons. The van der Waals surface area contributed by atoms with E-state index in [1.807, 2.05) is 42.7 Å². The number of halogens is 2. The van der Waals surface area contributed by atoms with Crippen LogP contribution < -0.4 is 10.3 Å². The Hall–Kier alpha value is -3.01. The fraction of sp³-hybridized carbons (Fsp3) is 0.333. The molecule has 3 aromatic rings. The summed E-state index contributed by atoms with van der Waals surface area (Å²) in [5, 5.41) is 3.71. The molecular formula is C27H29Cl2N4O4S+. The third kappa shape index (κ3) is 6.51. The maximum Gasteiger partial charge on any atom is 0.329 e. The number of fused-ring (bicyclic) bond motifs is 1. The van der Waals surface area contributed by atoms with Crippen molar-refractivity contribution in [2.45, 2.75) is 30.2 Å². The van der Waals surface area contributed by atoms with Gasteiger partial charge in [-0.1, -0.05) is 41.4 Å². The summed E-state index contributed by atoms with van der Waals surface area (Å²) in [5.41, 5.74) is 2.48. The Kier molecular flexibility index (Phi) is 9.35. The first-order valence-electron chi connectivity index (χ1n) is 12.2. The molecule has 11 heteroatoms. The summed E-state index contributed by atoms with van der Waals surface area (Å²) in [7, 11) is 1.30. The number of piperidine rings is 1. The summed E-state index contributed by atoms with van der Waals surface area (Å²) in [6, 6.07) is 10.5. The van der Waals surface area contributed by atoms with Crippen molar-refractivity contribution in [3.8, 4) is 0 Å². The number of likely N-dealkylation sites (tertiary alicyclic amines) is 1. The van der Waals surface area contributed by atoms with Gasteiger partial charge in [0.2, 0.25) is 11.8 Å². The van der Waals surface area contributed by atoms with Crippen molar-refractivity contribution in [1.82, 2.24) is 15.2 Å². The molecular weight excluding hydrogens is 547 g/mol. The van der Waals surface area contributed by atoms with Gasteiger partial charge >= 0.3 is 5.97 Å². The molecule has 4 rings (SSSR count). The molecule has 1 aliphatic rings. The number of nitrogens with one attached hydrogen (secondary N) is 3. The van der Waals surface area contributed by atoms with Crippen LogP contribution in [0.4, 0.5) is 0 Å². The predicted octanol–water partition coefficient (Wildman–Crippen LogP) is 4.16. The summed E-state index contributed by atoms with van der Waals surface area (Å²) in [6.45, 7) is 0.861. The number of imidazole rings is 1. The van der Waals surface area contributed by atoms with Gasteiger partial charge in [0, 0.05) is 30.0 Å². The van der Waals surface area contributed by atoms with Crippen LogP contribution in [0.1, 0.15) is 24.2 Å². The number of aromatic amines is 2. The van der Waals surface area contributed by atoms with E-state index in [0.717, 1.165) is 15.9 Å². The maximum atomic E-state index is 13.0. The van der Waals surface area contributed by atoms with Crippen molar-refractivity contribution < 1.29 is 24.1 Å². The highest BCUT2D eigenvalue weighted by Gasteiger charge is 2.31. The largest absolute Gasteiger partial charge is 0.467 e. The Balaban J connectivity index is 1.33. The third-order valence-corrected chi connectivity index (χ3v) is 8.38. The minimum atomic E-state index is -0.839. The van der Waals surface area contributed by atoms with Crippen LogP contribution >= 0.6 is 35.0 Å². The van der Waals surface area contributed by atoms with Crippen molar-refractivity contribution in [3.63, 3.8) is 0 Å². The molecule has 1 aliphatic heterocycles.